The van der Waals surface area contributed by atoms with E-state index in [1.54, 1.807) is 30.6 Å². The Morgan fingerprint density at radius 3 is 2.72 bits per heavy atom. The van der Waals surface area contributed by atoms with Crippen LogP contribution in [0.4, 0.5) is 21.6 Å². The number of hydrogen-bond donors (Lipinski definition) is 1. The Labute approximate surface area is 188 Å². The minimum absolute atomic E-state index is 0.0765. The smallest absolute Gasteiger partial charge is 0.229 e. The monoisotopic (exact) mass is 448 g/mol. The number of amides is 2. The molecule has 6 nitrogen and oxygen atoms in total. The van der Waals surface area contributed by atoms with E-state index in [-0.39, 0.29) is 23.3 Å². The fourth-order valence-corrected chi connectivity index (χ4v) is 3.56. The SMILES string of the molecule is CC(=O)N(c1ccc2cnccc2c1)c1cc(NC(=O)Cc2cccc(F)c2Cl)ccn1. The molecular weight excluding hydrogens is 431 g/mol. The number of nitrogens with zero attached hydrogens (tertiary/aromatic N) is 3. The fraction of sp³-hybridized carbons (Fsp3) is 0.0833. The molecule has 2 amide bonds. The van der Waals surface area contributed by atoms with E-state index < -0.39 is 5.82 Å². The standard InChI is InChI=1S/C24H18ClFN4O2/c1-15(31)30(20-6-5-18-14-27-9-7-16(18)11-20)22-13-19(8-10-28-22)29-23(32)12-17-3-2-4-21(26)24(17)25/h2-11,13-14H,12H2,1H3,(H,28,29,32). The molecule has 0 atom stereocenters. The Morgan fingerprint density at radius 2 is 1.91 bits per heavy atom. The highest BCUT2D eigenvalue weighted by molar-refractivity contribution is 6.31. The molecule has 32 heavy (non-hydrogen) atoms. The van der Waals surface area contributed by atoms with Gasteiger partial charge in [-0.25, -0.2) is 9.37 Å². The van der Waals surface area contributed by atoms with Gasteiger partial charge in [0.1, 0.15) is 11.6 Å². The Balaban J connectivity index is 1.59. The Hall–Kier alpha value is -3.84. The number of aromatic nitrogens is 2. The molecule has 0 bridgehead atoms. The number of nitrogens with one attached hydrogen (secondary N) is 1. The number of pyridine rings is 2. The van der Waals surface area contributed by atoms with Gasteiger partial charge >= 0.3 is 0 Å². The first-order valence-electron chi connectivity index (χ1n) is 9.75. The van der Waals surface area contributed by atoms with Crippen molar-refractivity contribution < 1.29 is 14.0 Å². The maximum Gasteiger partial charge on any atom is 0.229 e. The highest BCUT2D eigenvalue weighted by atomic mass is 35.5. The second-order valence-corrected chi connectivity index (χ2v) is 7.48. The molecule has 0 radical (unpaired) electrons. The van der Waals surface area contributed by atoms with Crippen molar-refractivity contribution in [3.05, 3.63) is 89.6 Å². The zero-order chi connectivity index (χ0) is 22.7. The van der Waals surface area contributed by atoms with Crippen LogP contribution < -0.4 is 10.2 Å². The van der Waals surface area contributed by atoms with E-state index in [2.05, 4.69) is 15.3 Å². The molecule has 8 heteroatoms. The van der Waals surface area contributed by atoms with Gasteiger partial charge in [0.2, 0.25) is 11.8 Å². The van der Waals surface area contributed by atoms with Crippen molar-refractivity contribution in [2.24, 2.45) is 0 Å². The van der Waals surface area contributed by atoms with Gasteiger partial charge in [-0.05, 0) is 41.3 Å². The lowest BCUT2D eigenvalue weighted by Gasteiger charge is -2.21. The number of fused-ring (bicyclic) bond motifs is 1. The van der Waals surface area contributed by atoms with E-state index in [1.165, 1.54) is 30.2 Å². The van der Waals surface area contributed by atoms with Crippen molar-refractivity contribution in [1.82, 2.24) is 9.97 Å². The quantitative estimate of drug-likeness (QED) is 0.450. The molecule has 160 valence electrons. The largest absolute Gasteiger partial charge is 0.326 e. The molecule has 0 saturated heterocycles. The summed E-state index contributed by atoms with van der Waals surface area (Å²) >= 11 is 5.94. The average Bonchev–Trinajstić information content (AvgIpc) is 2.77. The summed E-state index contributed by atoms with van der Waals surface area (Å²) in [5, 5.41) is 4.55. The van der Waals surface area contributed by atoms with Crippen LogP contribution in [0.1, 0.15) is 12.5 Å². The topological polar surface area (TPSA) is 75.2 Å². The van der Waals surface area contributed by atoms with Gasteiger partial charge in [0.05, 0.1) is 17.1 Å². The fourth-order valence-electron chi connectivity index (χ4n) is 3.37. The molecule has 0 fully saturated rings. The highest BCUT2D eigenvalue weighted by Gasteiger charge is 2.17. The molecule has 2 aromatic heterocycles. The van der Waals surface area contributed by atoms with Crippen molar-refractivity contribution in [1.29, 1.82) is 0 Å². The minimum Gasteiger partial charge on any atom is -0.326 e. The van der Waals surface area contributed by atoms with Gasteiger partial charge in [-0.2, -0.15) is 0 Å². The molecule has 4 rings (SSSR count). The summed E-state index contributed by atoms with van der Waals surface area (Å²) in [7, 11) is 0. The van der Waals surface area contributed by atoms with Crippen LogP contribution in [0.15, 0.2) is 73.2 Å². The highest BCUT2D eigenvalue weighted by Crippen LogP contribution is 2.29. The van der Waals surface area contributed by atoms with Crippen LogP contribution in [0.25, 0.3) is 10.8 Å². The first-order valence-corrected chi connectivity index (χ1v) is 10.1. The van der Waals surface area contributed by atoms with Gasteiger partial charge in [-0.1, -0.05) is 29.8 Å². The van der Waals surface area contributed by atoms with Crippen LogP contribution in [0.3, 0.4) is 0 Å². The molecule has 2 heterocycles. The number of hydrogen-bond acceptors (Lipinski definition) is 4. The van der Waals surface area contributed by atoms with Gasteiger partial charge in [0.25, 0.3) is 0 Å². The molecular formula is C24H18ClFN4O2. The lowest BCUT2D eigenvalue weighted by Crippen LogP contribution is -2.24. The number of rotatable bonds is 5. The third kappa shape index (κ3) is 4.58. The zero-order valence-corrected chi connectivity index (χ0v) is 17.8. The lowest BCUT2D eigenvalue weighted by molar-refractivity contribution is -0.116. The van der Waals surface area contributed by atoms with E-state index in [0.29, 0.717) is 22.8 Å². The number of carbonyl (C=O) groups is 2. The second-order valence-electron chi connectivity index (χ2n) is 7.10. The summed E-state index contributed by atoms with van der Waals surface area (Å²) in [6.45, 7) is 1.44. The van der Waals surface area contributed by atoms with Crippen molar-refractivity contribution in [2.45, 2.75) is 13.3 Å². The summed E-state index contributed by atoms with van der Waals surface area (Å²) in [4.78, 5) is 34.8. The molecule has 0 spiro atoms. The molecule has 0 aliphatic rings. The van der Waals surface area contributed by atoms with Crippen molar-refractivity contribution in [2.75, 3.05) is 10.2 Å². The van der Waals surface area contributed by atoms with Gasteiger partial charge in [0.15, 0.2) is 0 Å². The van der Waals surface area contributed by atoms with E-state index >= 15 is 0 Å². The molecule has 0 saturated carbocycles. The van der Waals surface area contributed by atoms with Gasteiger partial charge < -0.3 is 5.32 Å². The van der Waals surface area contributed by atoms with E-state index in [1.807, 2.05) is 24.3 Å². The molecule has 0 unspecified atom stereocenters. The first kappa shape index (κ1) is 21.4. The van der Waals surface area contributed by atoms with Crippen molar-refractivity contribution in [3.8, 4) is 0 Å². The van der Waals surface area contributed by atoms with Crippen LogP contribution in [-0.2, 0) is 16.0 Å². The zero-order valence-electron chi connectivity index (χ0n) is 17.0. The number of carbonyl (C=O) groups excluding carboxylic acids is 2. The van der Waals surface area contributed by atoms with Gasteiger partial charge in [-0.15, -0.1) is 0 Å². The molecule has 4 aromatic rings. The van der Waals surface area contributed by atoms with Crippen LogP contribution in [0.5, 0.6) is 0 Å². The van der Waals surface area contributed by atoms with Gasteiger partial charge in [-0.3, -0.25) is 19.5 Å². The maximum absolute atomic E-state index is 13.6. The van der Waals surface area contributed by atoms with Crippen LogP contribution in [-0.4, -0.2) is 21.8 Å². The lowest BCUT2D eigenvalue weighted by atomic mass is 10.1. The van der Waals surface area contributed by atoms with Gasteiger partial charge in [0, 0.05) is 42.7 Å². The third-order valence-corrected chi connectivity index (χ3v) is 5.26. The summed E-state index contributed by atoms with van der Waals surface area (Å²) in [6, 6.07) is 15.0. The Bertz CT molecular complexity index is 1330. The van der Waals surface area contributed by atoms with Crippen molar-refractivity contribution >= 4 is 51.4 Å². The summed E-state index contributed by atoms with van der Waals surface area (Å²) in [5.41, 5.74) is 1.47. The normalized spacial score (nSPS) is 10.7. The summed E-state index contributed by atoms with van der Waals surface area (Å²) in [5.74, 6) is -0.831. The predicted octanol–water partition coefficient (Wildman–Crippen LogP) is 5.29. The Kier molecular flexibility index (Phi) is 6.09. The number of anilines is 3. The summed E-state index contributed by atoms with van der Waals surface area (Å²) < 4.78 is 13.6. The van der Waals surface area contributed by atoms with E-state index in [9.17, 15) is 14.0 Å². The molecule has 0 aliphatic carbocycles. The molecule has 0 aliphatic heterocycles. The second kappa shape index (κ2) is 9.11. The molecule has 1 N–H and O–H groups in total. The number of halogens is 2. The van der Waals surface area contributed by atoms with E-state index in [4.69, 9.17) is 11.6 Å². The first-order chi connectivity index (χ1) is 15.4. The van der Waals surface area contributed by atoms with E-state index in [0.717, 1.165) is 10.8 Å². The van der Waals surface area contributed by atoms with Crippen LogP contribution in [0, 0.1) is 5.82 Å². The summed E-state index contributed by atoms with van der Waals surface area (Å²) in [6.07, 6.45) is 4.84. The minimum atomic E-state index is -0.577. The third-order valence-electron chi connectivity index (χ3n) is 4.84. The predicted molar refractivity (Wildman–Crippen MR) is 123 cm³/mol. The maximum atomic E-state index is 13.6. The average molecular weight is 449 g/mol. The number of benzene rings is 2. The van der Waals surface area contributed by atoms with Crippen LogP contribution >= 0.6 is 11.6 Å². The Morgan fingerprint density at radius 1 is 1.06 bits per heavy atom. The van der Waals surface area contributed by atoms with Crippen LogP contribution in [0.2, 0.25) is 5.02 Å². The van der Waals surface area contributed by atoms with Crippen molar-refractivity contribution in [3.63, 3.8) is 0 Å². The molecule has 2 aromatic carbocycles.